The number of benzene rings is 1. The number of thiazole rings is 1. The van der Waals surface area contributed by atoms with Crippen molar-refractivity contribution in [1.82, 2.24) is 15.2 Å². The number of anilines is 1. The zero-order chi connectivity index (χ0) is 16.9. The van der Waals surface area contributed by atoms with E-state index < -0.39 is 0 Å². The smallest absolute Gasteiger partial charge is 0.217 e. The molecule has 3 rings (SSSR count). The molecule has 0 radical (unpaired) electrons. The van der Waals surface area contributed by atoms with Crippen molar-refractivity contribution in [1.29, 1.82) is 0 Å². The Morgan fingerprint density at radius 2 is 1.96 bits per heavy atom. The molecule has 6 heteroatoms. The second kappa shape index (κ2) is 7.77. The predicted octanol–water partition coefficient (Wildman–Crippen LogP) is 2.66. The van der Waals surface area contributed by atoms with Crippen LogP contribution in [0.2, 0.25) is 0 Å². The van der Waals surface area contributed by atoms with Crippen molar-refractivity contribution in [2.45, 2.75) is 26.4 Å². The third-order valence-electron chi connectivity index (χ3n) is 4.56. The summed E-state index contributed by atoms with van der Waals surface area (Å²) in [4.78, 5) is 20.3. The van der Waals surface area contributed by atoms with E-state index in [2.05, 4.69) is 51.3 Å². The van der Waals surface area contributed by atoms with Gasteiger partial charge in [0.05, 0.1) is 0 Å². The molecule has 1 aromatic heterocycles. The summed E-state index contributed by atoms with van der Waals surface area (Å²) in [6.45, 7) is 8.56. The van der Waals surface area contributed by atoms with Crippen LogP contribution >= 0.6 is 11.3 Å². The monoisotopic (exact) mass is 344 g/mol. The Labute approximate surface area is 147 Å². The highest BCUT2D eigenvalue weighted by Gasteiger charge is 2.23. The topological polar surface area (TPSA) is 48.5 Å². The molecule has 0 saturated carbocycles. The van der Waals surface area contributed by atoms with Crippen molar-refractivity contribution in [3.63, 3.8) is 0 Å². The first kappa shape index (κ1) is 16.9. The van der Waals surface area contributed by atoms with E-state index in [1.165, 1.54) is 5.56 Å². The molecule has 1 atom stereocenters. The summed E-state index contributed by atoms with van der Waals surface area (Å²) in [5.41, 5.74) is 2.46. The molecule has 1 unspecified atom stereocenters. The maximum atomic E-state index is 11.0. The van der Waals surface area contributed by atoms with Crippen LogP contribution in [0.15, 0.2) is 35.8 Å². The third-order valence-corrected chi connectivity index (χ3v) is 5.39. The molecule has 24 heavy (non-hydrogen) atoms. The molecule has 2 aromatic rings. The Morgan fingerprint density at radius 1 is 1.25 bits per heavy atom. The SMILES string of the molecule is CC(=O)NCc1ccc(C(C)N2CCN(c3nccs3)CC2)cc1. The van der Waals surface area contributed by atoms with Gasteiger partial charge in [0.1, 0.15) is 0 Å². The van der Waals surface area contributed by atoms with Gasteiger partial charge < -0.3 is 10.2 Å². The number of hydrogen-bond acceptors (Lipinski definition) is 5. The number of piperazine rings is 1. The summed E-state index contributed by atoms with van der Waals surface area (Å²) in [7, 11) is 0. The van der Waals surface area contributed by atoms with Gasteiger partial charge in [0.2, 0.25) is 5.91 Å². The molecule has 1 aliphatic heterocycles. The van der Waals surface area contributed by atoms with Crippen LogP contribution in [0.1, 0.15) is 31.0 Å². The number of rotatable bonds is 5. The Balaban J connectivity index is 1.55. The number of carbonyl (C=O) groups is 1. The van der Waals surface area contributed by atoms with Crippen molar-refractivity contribution >= 4 is 22.4 Å². The van der Waals surface area contributed by atoms with E-state index in [0.29, 0.717) is 12.6 Å². The fraction of sp³-hybridized carbons (Fsp3) is 0.444. The number of carbonyl (C=O) groups excluding carboxylic acids is 1. The van der Waals surface area contributed by atoms with Crippen LogP contribution in [-0.4, -0.2) is 42.0 Å². The summed E-state index contributed by atoms with van der Waals surface area (Å²) in [5, 5.41) is 6.00. The highest BCUT2D eigenvalue weighted by atomic mass is 32.1. The van der Waals surface area contributed by atoms with Gasteiger partial charge in [-0.15, -0.1) is 11.3 Å². The Hall–Kier alpha value is -1.92. The fourth-order valence-corrected chi connectivity index (χ4v) is 3.72. The Bertz CT molecular complexity index is 648. The molecule has 0 aliphatic carbocycles. The van der Waals surface area contributed by atoms with Gasteiger partial charge in [-0.2, -0.15) is 0 Å². The third kappa shape index (κ3) is 4.13. The number of nitrogens with zero attached hydrogens (tertiary/aromatic N) is 3. The van der Waals surface area contributed by atoms with E-state index in [9.17, 15) is 4.79 Å². The number of aromatic nitrogens is 1. The van der Waals surface area contributed by atoms with Crippen LogP contribution in [0, 0.1) is 0 Å². The highest BCUT2D eigenvalue weighted by Crippen LogP contribution is 2.25. The van der Waals surface area contributed by atoms with Crippen LogP contribution in [0.4, 0.5) is 5.13 Å². The lowest BCUT2D eigenvalue weighted by molar-refractivity contribution is -0.119. The molecular formula is C18H24N4OS. The van der Waals surface area contributed by atoms with Crippen LogP contribution in [0.25, 0.3) is 0 Å². The van der Waals surface area contributed by atoms with Crippen molar-refractivity contribution in [3.8, 4) is 0 Å². The molecule has 0 bridgehead atoms. The maximum Gasteiger partial charge on any atom is 0.217 e. The van der Waals surface area contributed by atoms with Gasteiger partial charge in [-0.25, -0.2) is 4.98 Å². The average Bonchev–Trinajstić information content (AvgIpc) is 3.14. The Morgan fingerprint density at radius 3 is 2.54 bits per heavy atom. The van der Waals surface area contributed by atoms with Crippen molar-refractivity contribution in [2.75, 3.05) is 31.1 Å². The van der Waals surface area contributed by atoms with Crippen molar-refractivity contribution in [3.05, 3.63) is 47.0 Å². The number of amides is 1. The van der Waals surface area contributed by atoms with E-state index in [1.54, 1.807) is 18.3 Å². The van der Waals surface area contributed by atoms with Gasteiger partial charge >= 0.3 is 0 Å². The van der Waals surface area contributed by atoms with Gasteiger partial charge in [-0.3, -0.25) is 9.69 Å². The molecule has 1 aromatic carbocycles. The lowest BCUT2D eigenvalue weighted by atomic mass is 10.0. The fourth-order valence-electron chi connectivity index (χ4n) is 3.02. The first-order chi connectivity index (χ1) is 11.6. The lowest BCUT2D eigenvalue weighted by Crippen LogP contribution is -2.47. The molecule has 1 amide bonds. The molecule has 1 N–H and O–H groups in total. The summed E-state index contributed by atoms with van der Waals surface area (Å²) >= 11 is 1.71. The minimum atomic E-state index is 0.00514. The average molecular weight is 344 g/mol. The van der Waals surface area contributed by atoms with Gasteiger partial charge in [-0.1, -0.05) is 24.3 Å². The summed E-state index contributed by atoms with van der Waals surface area (Å²) in [5.74, 6) is 0.00514. The van der Waals surface area contributed by atoms with Gasteiger partial charge in [0.25, 0.3) is 0 Å². The zero-order valence-electron chi connectivity index (χ0n) is 14.2. The molecule has 1 fully saturated rings. The van der Waals surface area contributed by atoms with Crippen LogP contribution in [0.5, 0.6) is 0 Å². The van der Waals surface area contributed by atoms with Gasteiger partial charge in [0, 0.05) is 57.3 Å². The normalized spacial score (nSPS) is 16.8. The molecular weight excluding hydrogens is 320 g/mol. The first-order valence-electron chi connectivity index (χ1n) is 8.35. The summed E-state index contributed by atoms with van der Waals surface area (Å²) in [6, 6.07) is 8.96. The van der Waals surface area contributed by atoms with E-state index in [1.807, 2.05) is 11.6 Å². The number of hydrogen-bond donors (Lipinski definition) is 1. The summed E-state index contributed by atoms with van der Waals surface area (Å²) < 4.78 is 0. The first-order valence-corrected chi connectivity index (χ1v) is 9.23. The van der Waals surface area contributed by atoms with E-state index in [-0.39, 0.29) is 5.91 Å². The lowest BCUT2D eigenvalue weighted by Gasteiger charge is -2.38. The Kier molecular flexibility index (Phi) is 5.48. The zero-order valence-corrected chi connectivity index (χ0v) is 15.1. The number of nitrogens with one attached hydrogen (secondary N) is 1. The second-order valence-electron chi connectivity index (χ2n) is 6.16. The molecule has 0 spiro atoms. The minimum absolute atomic E-state index is 0.00514. The molecule has 5 nitrogen and oxygen atoms in total. The van der Waals surface area contributed by atoms with E-state index >= 15 is 0 Å². The van der Waals surface area contributed by atoms with Gasteiger partial charge in [0.15, 0.2) is 5.13 Å². The molecule has 2 heterocycles. The van der Waals surface area contributed by atoms with E-state index in [0.717, 1.165) is 36.9 Å². The molecule has 1 saturated heterocycles. The maximum absolute atomic E-state index is 11.0. The van der Waals surface area contributed by atoms with Crippen LogP contribution in [-0.2, 0) is 11.3 Å². The van der Waals surface area contributed by atoms with Crippen LogP contribution in [0.3, 0.4) is 0 Å². The van der Waals surface area contributed by atoms with Crippen LogP contribution < -0.4 is 10.2 Å². The summed E-state index contributed by atoms with van der Waals surface area (Å²) in [6.07, 6.45) is 1.87. The minimum Gasteiger partial charge on any atom is -0.352 e. The molecule has 128 valence electrons. The largest absolute Gasteiger partial charge is 0.352 e. The van der Waals surface area contributed by atoms with Crippen molar-refractivity contribution in [2.24, 2.45) is 0 Å². The standard InChI is InChI=1S/C18H24N4OS/c1-14(17-5-3-16(4-6-17)13-20-15(2)23)21-8-10-22(11-9-21)18-19-7-12-24-18/h3-7,12,14H,8-11,13H2,1-2H3,(H,20,23). The predicted molar refractivity (Wildman–Crippen MR) is 98.3 cm³/mol. The second-order valence-corrected chi connectivity index (χ2v) is 7.04. The van der Waals surface area contributed by atoms with Gasteiger partial charge in [-0.05, 0) is 18.1 Å². The van der Waals surface area contributed by atoms with E-state index in [4.69, 9.17) is 0 Å². The van der Waals surface area contributed by atoms with Crippen molar-refractivity contribution < 1.29 is 4.79 Å². The highest BCUT2D eigenvalue weighted by molar-refractivity contribution is 7.13. The molecule has 1 aliphatic rings. The quantitative estimate of drug-likeness (QED) is 0.906.